The fourth-order valence-corrected chi connectivity index (χ4v) is 7.74. The van der Waals surface area contributed by atoms with Gasteiger partial charge in [-0.05, 0) is 57.5 Å². The van der Waals surface area contributed by atoms with Crippen LogP contribution in [0.3, 0.4) is 0 Å². The van der Waals surface area contributed by atoms with Crippen molar-refractivity contribution in [1.29, 1.82) is 0 Å². The molecule has 4 N–H and O–H groups in total. The van der Waals surface area contributed by atoms with Crippen molar-refractivity contribution in [2.75, 3.05) is 32.1 Å². The molecule has 7 nitrogen and oxygen atoms in total. The van der Waals surface area contributed by atoms with E-state index >= 15 is 0 Å². The molecule has 0 spiro atoms. The molecule has 0 bridgehead atoms. The highest BCUT2D eigenvalue weighted by Gasteiger charge is 2.39. The zero-order valence-corrected chi connectivity index (χ0v) is 23.2. The number of aromatic amines is 1. The summed E-state index contributed by atoms with van der Waals surface area (Å²) in [7, 11) is -2.73. The molecule has 0 aliphatic rings. The van der Waals surface area contributed by atoms with Crippen molar-refractivity contribution in [2.24, 2.45) is 0 Å². The van der Waals surface area contributed by atoms with Gasteiger partial charge in [-0.1, -0.05) is 39.8 Å². The van der Waals surface area contributed by atoms with E-state index in [0.29, 0.717) is 50.2 Å². The van der Waals surface area contributed by atoms with Gasteiger partial charge in [0.2, 0.25) is 0 Å². The Morgan fingerprint density at radius 2 is 1.76 bits per heavy atom. The molecule has 1 amide bonds. The van der Waals surface area contributed by atoms with E-state index < -0.39 is 8.80 Å². The zero-order chi connectivity index (χ0) is 24.6. The van der Waals surface area contributed by atoms with Crippen LogP contribution in [0.2, 0.25) is 6.04 Å². The highest BCUT2D eigenvalue weighted by molar-refractivity contribution is 9.10. The number of rotatable bonds is 13. The molecule has 3 aromatic rings. The van der Waals surface area contributed by atoms with Crippen molar-refractivity contribution in [3.05, 3.63) is 52.6 Å². The maximum atomic E-state index is 13.2. The molecule has 2 aromatic carbocycles. The van der Waals surface area contributed by atoms with E-state index in [2.05, 4.69) is 26.2 Å². The second kappa shape index (κ2) is 12.8. The SMILES string of the molecule is CCO[Si](CCCNC(=O)c1[nH]c2ccc(Br)cc2c1Sc1ccccc1N)(OCC)OCC. The maximum absolute atomic E-state index is 13.2. The lowest BCUT2D eigenvalue weighted by Crippen LogP contribution is -2.46. The number of aromatic nitrogens is 1. The Morgan fingerprint density at radius 1 is 1.09 bits per heavy atom. The number of nitrogen functional groups attached to an aromatic ring is 1. The van der Waals surface area contributed by atoms with Gasteiger partial charge < -0.3 is 29.3 Å². The third-order valence-electron chi connectivity index (χ3n) is 5.11. The van der Waals surface area contributed by atoms with E-state index in [-0.39, 0.29) is 5.91 Å². The number of nitrogens with two attached hydrogens (primary N) is 1. The number of amides is 1. The third kappa shape index (κ3) is 6.64. The molecular formula is C24H32BrN3O4SSi. The molecule has 0 fully saturated rings. The van der Waals surface area contributed by atoms with Gasteiger partial charge in [0, 0.05) is 58.4 Å². The number of para-hydroxylation sites is 1. The predicted octanol–water partition coefficient (Wildman–Crippen LogP) is 5.83. The standard InChI is InChI=1S/C24H32BrN3O4SSi/c1-4-30-34(31-5-2,32-6-3)15-9-14-27-24(29)22-23(33-21-11-8-7-10-19(21)26)18-16-17(25)12-13-20(18)28-22/h7-8,10-13,16,28H,4-6,9,14-15,26H2,1-3H3,(H,27,29). The van der Waals surface area contributed by atoms with Gasteiger partial charge in [0.1, 0.15) is 5.69 Å². The number of nitrogens with one attached hydrogen (secondary N) is 2. The topological polar surface area (TPSA) is 98.6 Å². The number of hydrogen-bond donors (Lipinski definition) is 3. The molecule has 0 unspecified atom stereocenters. The number of carbonyl (C=O) groups is 1. The van der Waals surface area contributed by atoms with Gasteiger partial charge in [0.25, 0.3) is 5.91 Å². The van der Waals surface area contributed by atoms with E-state index in [9.17, 15) is 4.79 Å². The number of fused-ring (bicyclic) bond motifs is 1. The number of H-pyrrole nitrogens is 1. The quantitative estimate of drug-likeness (QED) is 0.137. The predicted molar refractivity (Wildman–Crippen MR) is 143 cm³/mol. The first kappa shape index (κ1) is 26.8. The van der Waals surface area contributed by atoms with E-state index in [4.69, 9.17) is 19.0 Å². The monoisotopic (exact) mass is 565 g/mol. The first-order valence-corrected chi connectivity index (χ1v) is 15.0. The van der Waals surface area contributed by atoms with E-state index in [1.807, 2.05) is 63.2 Å². The van der Waals surface area contributed by atoms with E-state index in [1.165, 1.54) is 11.8 Å². The zero-order valence-electron chi connectivity index (χ0n) is 19.8. The van der Waals surface area contributed by atoms with E-state index in [0.717, 1.165) is 25.2 Å². The molecule has 1 heterocycles. The summed E-state index contributed by atoms with van der Waals surface area (Å²) in [5.74, 6) is -0.166. The summed E-state index contributed by atoms with van der Waals surface area (Å²) in [6.07, 6.45) is 0.692. The van der Waals surface area contributed by atoms with Crippen LogP contribution in [0.25, 0.3) is 10.9 Å². The van der Waals surface area contributed by atoms with Crippen molar-refractivity contribution < 1.29 is 18.1 Å². The molecule has 0 atom stereocenters. The molecule has 0 aliphatic carbocycles. The van der Waals surface area contributed by atoms with E-state index in [1.54, 1.807) is 0 Å². The molecule has 1 aromatic heterocycles. The summed E-state index contributed by atoms with van der Waals surface area (Å²) in [4.78, 5) is 18.2. The molecule has 10 heteroatoms. The van der Waals surface area contributed by atoms with Crippen molar-refractivity contribution in [1.82, 2.24) is 10.3 Å². The van der Waals surface area contributed by atoms with Gasteiger partial charge in [-0.25, -0.2) is 0 Å². The fourth-order valence-electron chi connectivity index (χ4n) is 3.69. The Morgan fingerprint density at radius 3 is 2.41 bits per heavy atom. The Labute approximate surface area is 214 Å². The van der Waals surface area contributed by atoms with Crippen LogP contribution < -0.4 is 11.1 Å². The average molecular weight is 567 g/mol. The summed E-state index contributed by atoms with van der Waals surface area (Å²) >= 11 is 5.03. The Bertz CT molecular complexity index is 1090. The second-order valence-electron chi connectivity index (χ2n) is 7.50. The summed E-state index contributed by atoms with van der Waals surface area (Å²) in [5.41, 5.74) is 8.26. The molecular weight excluding hydrogens is 534 g/mol. The third-order valence-corrected chi connectivity index (χ3v) is 9.97. The van der Waals surface area contributed by atoms with Gasteiger partial charge in [0.05, 0.1) is 4.90 Å². The van der Waals surface area contributed by atoms with Crippen LogP contribution in [0.15, 0.2) is 56.7 Å². The van der Waals surface area contributed by atoms with Crippen LogP contribution in [-0.4, -0.2) is 46.1 Å². The van der Waals surface area contributed by atoms with Crippen LogP contribution in [0.4, 0.5) is 5.69 Å². The number of anilines is 1. The first-order chi connectivity index (χ1) is 16.4. The average Bonchev–Trinajstić information content (AvgIpc) is 3.16. The number of benzene rings is 2. The van der Waals surface area contributed by atoms with Crippen LogP contribution in [0.5, 0.6) is 0 Å². The Balaban J connectivity index is 1.76. The lowest BCUT2D eigenvalue weighted by atomic mass is 10.2. The minimum atomic E-state index is -2.73. The van der Waals surface area contributed by atoms with Gasteiger partial charge in [0.15, 0.2) is 0 Å². The van der Waals surface area contributed by atoms with Gasteiger partial charge in [-0.2, -0.15) is 0 Å². The number of halogens is 1. The highest BCUT2D eigenvalue weighted by atomic mass is 79.9. The number of carbonyl (C=O) groups excluding carboxylic acids is 1. The molecule has 0 saturated carbocycles. The minimum absolute atomic E-state index is 0.166. The van der Waals surface area contributed by atoms with Crippen LogP contribution in [0, 0.1) is 0 Å². The second-order valence-corrected chi connectivity index (χ2v) is 12.2. The fraction of sp³-hybridized carbons (Fsp3) is 0.375. The van der Waals surface area contributed by atoms with Crippen molar-refractivity contribution in [2.45, 2.75) is 43.0 Å². The van der Waals surface area contributed by atoms with Gasteiger partial charge in [-0.3, -0.25) is 4.79 Å². The largest absolute Gasteiger partial charge is 0.500 e. The first-order valence-electron chi connectivity index (χ1n) is 11.5. The lowest BCUT2D eigenvalue weighted by molar-refractivity contribution is 0.0704. The van der Waals surface area contributed by atoms with Gasteiger partial charge >= 0.3 is 8.80 Å². The molecule has 3 rings (SSSR count). The van der Waals surface area contributed by atoms with Crippen LogP contribution in [-0.2, 0) is 13.3 Å². The summed E-state index contributed by atoms with van der Waals surface area (Å²) in [5, 5.41) is 4.00. The van der Waals surface area contributed by atoms with Crippen molar-refractivity contribution in [3.8, 4) is 0 Å². The molecule has 0 aliphatic heterocycles. The molecule has 184 valence electrons. The molecule has 34 heavy (non-hydrogen) atoms. The van der Waals surface area contributed by atoms with Crippen LogP contribution >= 0.6 is 27.7 Å². The summed E-state index contributed by atoms with van der Waals surface area (Å²) in [6.45, 7) is 7.90. The summed E-state index contributed by atoms with van der Waals surface area (Å²) in [6, 6.07) is 14.2. The Hall–Kier alpha value is -1.82. The normalized spacial score (nSPS) is 11.8. The molecule has 0 radical (unpaired) electrons. The minimum Gasteiger partial charge on any atom is -0.398 e. The Kier molecular flexibility index (Phi) is 10.0. The lowest BCUT2D eigenvalue weighted by Gasteiger charge is -2.28. The number of hydrogen-bond acceptors (Lipinski definition) is 6. The molecule has 0 saturated heterocycles. The van der Waals surface area contributed by atoms with Crippen LogP contribution in [0.1, 0.15) is 37.7 Å². The maximum Gasteiger partial charge on any atom is 0.500 e. The van der Waals surface area contributed by atoms with Gasteiger partial charge in [-0.15, -0.1) is 0 Å². The van der Waals surface area contributed by atoms with Crippen molar-refractivity contribution >= 4 is 59.0 Å². The van der Waals surface area contributed by atoms with Crippen molar-refractivity contribution in [3.63, 3.8) is 0 Å². The highest BCUT2D eigenvalue weighted by Crippen LogP contribution is 2.39. The smallest absolute Gasteiger partial charge is 0.398 e. The summed E-state index contributed by atoms with van der Waals surface area (Å²) < 4.78 is 18.7.